The molecule has 3 N–H and O–H groups in total. The molecule has 0 aliphatic carbocycles. The third kappa shape index (κ3) is 8.73. The number of aliphatic hydroxyl groups excluding tert-OH is 1. The van der Waals surface area contributed by atoms with E-state index >= 15 is 0 Å². The molecule has 9 nitrogen and oxygen atoms in total. The fourth-order valence-corrected chi connectivity index (χ4v) is 6.15. The molecule has 0 radical (unpaired) electrons. The van der Waals surface area contributed by atoms with E-state index in [-0.39, 0.29) is 36.9 Å². The zero-order valence-electron chi connectivity index (χ0n) is 27.3. The van der Waals surface area contributed by atoms with Crippen molar-refractivity contribution >= 4 is 12.0 Å². The summed E-state index contributed by atoms with van der Waals surface area (Å²) >= 11 is 0. The van der Waals surface area contributed by atoms with Crippen molar-refractivity contribution in [3.8, 4) is 11.1 Å². The van der Waals surface area contributed by atoms with Gasteiger partial charge in [-0.1, -0.05) is 72.8 Å². The Morgan fingerprint density at radius 2 is 1.67 bits per heavy atom. The van der Waals surface area contributed by atoms with Crippen LogP contribution in [0.15, 0.2) is 72.8 Å². The molecule has 2 fully saturated rings. The number of benzene rings is 3. The van der Waals surface area contributed by atoms with Gasteiger partial charge in [-0.15, -0.1) is 0 Å². The number of likely N-dealkylation sites (tertiary alicyclic amines) is 1. The average molecular weight is 630 g/mol. The number of esters is 1. The van der Waals surface area contributed by atoms with E-state index in [2.05, 4.69) is 33.7 Å². The van der Waals surface area contributed by atoms with Gasteiger partial charge in [0.25, 0.3) is 0 Å². The van der Waals surface area contributed by atoms with Crippen molar-refractivity contribution in [3.63, 3.8) is 0 Å². The van der Waals surface area contributed by atoms with Gasteiger partial charge in [-0.3, -0.25) is 9.69 Å². The number of nitrogens with zero attached hydrogens (tertiary/aromatic N) is 1. The van der Waals surface area contributed by atoms with Crippen LogP contribution in [0, 0.1) is 0 Å². The predicted molar refractivity (Wildman–Crippen MR) is 177 cm³/mol. The van der Waals surface area contributed by atoms with Crippen LogP contribution in [-0.2, 0) is 32.2 Å². The molecule has 2 saturated heterocycles. The molecule has 9 heteroatoms. The molecule has 0 unspecified atom stereocenters. The highest BCUT2D eigenvalue weighted by molar-refractivity contribution is 5.76. The fourth-order valence-electron chi connectivity index (χ4n) is 6.15. The quantitative estimate of drug-likeness (QED) is 0.236. The summed E-state index contributed by atoms with van der Waals surface area (Å²) in [6.07, 6.45) is 1.34. The Labute approximate surface area is 272 Å². The van der Waals surface area contributed by atoms with Crippen molar-refractivity contribution in [2.45, 2.75) is 90.2 Å². The lowest BCUT2D eigenvalue weighted by molar-refractivity contribution is -0.253. The van der Waals surface area contributed by atoms with E-state index in [4.69, 9.17) is 14.2 Å². The van der Waals surface area contributed by atoms with Crippen molar-refractivity contribution in [2.24, 2.45) is 0 Å². The van der Waals surface area contributed by atoms with E-state index in [0.717, 1.165) is 52.8 Å². The Bertz CT molecular complexity index is 1450. The van der Waals surface area contributed by atoms with Crippen LogP contribution >= 0.6 is 0 Å². The van der Waals surface area contributed by atoms with Crippen LogP contribution in [0.2, 0.25) is 0 Å². The second kappa shape index (κ2) is 15.2. The topological polar surface area (TPSA) is 109 Å². The number of hydrogen-bond acceptors (Lipinski definition) is 7. The first kappa shape index (κ1) is 33.6. The molecular weight excluding hydrogens is 582 g/mol. The van der Waals surface area contributed by atoms with Gasteiger partial charge in [-0.25, -0.2) is 4.79 Å². The molecular formula is C37H47N3O6. The number of hydrogen-bond donors (Lipinski definition) is 3. The number of ether oxygens (including phenoxy) is 3. The largest absolute Gasteiger partial charge is 0.459 e. The van der Waals surface area contributed by atoms with Gasteiger partial charge in [0, 0.05) is 31.6 Å². The van der Waals surface area contributed by atoms with Gasteiger partial charge in [0.2, 0.25) is 0 Å². The molecule has 2 amide bonds. The summed E-state index contributed by atoms with van der Waals surface area (Å²) in [6, 6.07) is 23.6. The summed E-state index contributed by atoms with van der Waals surface area (Å²) < 4.78 is 18.9. The monoisotopic (exact) mass is 629 g/mol. The minimum absolute atomic E-state index is 0.0152. The number of nitrogens with one attached hydrogen (secondary N) is 2. The van der Waals surface area contributed by atoms with Crippen LogP contribution in [0.1, 0.15) is 81.6 Å². The van der Waals surface area contributed by atoms with Crippen molar-refractivity contribution in [3.05, 3.63) is 95.1 Å². The average Bonchev–Trinajstić information content (AvgIpc) is 3.51. The summed E-state index contributed by atoms with van der Waals surface area (Å²) in [5.41, 5.74) is 5.31. The Kier molecular flexibility index (Phi) is 11.1. The molecule has 0 spiro atoms. The van der Waals surface area contributed by atoms with Crippen molar-refractivity contribution in [1.82, 2.24) is 15.5 Å². The van der Waals surface area contributed by atoms with E-state index in [0.29, 0.717) is 26.1 Å². The van der Waals surface area contributed by atoms with E-state index in [9.17, 15) is 14.7 Å². The Hall–Kier alpha value is -3.76. The highest BCUT2D eigenvalue weighted by atomic mass is 16.7. The van der Waals surface area contributed by atoms with E-state index < -0.39 is 11.9 Å². The van der Waals surface area contributed by atoms with Gasteiger partial charge < -0.3 is 30.0 Å². The van der Waals surface area contributed by atoms with Crippen LogP contribution in [0.3, 0.4) is 0 Å². The molecule has 2 aliphatic rings. The number of amides is 2. The molecule has 46 heavy (non-hydrogen) atoms. The Morgan fingerprint density at radius 1 is 0.957 bits per heavy atom. The third-order valence-electron chi connectivity index (χ3n) is 8.38. The minimum Gasteiger partial charge on any atom is -0.459 e. The van der Waals surface area contributed by atoms with Gasteiger partial charge in [0.05, 0.1) is 18.8 Å². The SMILES string of the molecule is CCNC(=O)NCc1ccccc1-c1ccc([C@@H]2O[C@H](CN3CCC[C@H]3C(=O)OC(C)(C)C)C[C@H](c3ccc(CO)cc3)O2)cc1. The first-order valence-electron chi connectivity index (χ1n) is 16.3. The summed E-state index contributed by atoms with van der Waals surface area (Å²) in [5.74, 6) is -0.179. The molecule has 2 heterocycles. The lowest BCUT2D eigenvalue weighted by Crippen LogP contribution is -2.45. The Balaban J connectivity index is 1.35. The number of carbonyl (C=O) groups is 2. The first-order valence-corrected chi connectivity index (χ1v) is 16.3. The zero-order chi connectivity index (χ0) is 32.7. The number of carbonyl (C=O) groups excluding carboxylic acids is 2. The molecule has 246 valence electrons. The fraction of sp³-hybridized carbons (Fsp3) is 0.459. The summed E-state index contributed by atoms with van der Waals surface area (Å²) in [4.78, 5) is 27.2. The lowest BCUT2D eigenvalue weighted by Gasteiger charge is -2.38. The van der Waals surface area contributed by atoms with Crippen LogP contribution in [0.4, 0.5) is 4.79 Å². The number of aliphatic hydroxyl groups is 1. The van der Waals surface area contributed by atoms with Crippen LogP contribution < -0.4 is 10.6 Å². The highest BCUT2D eigenvalue weighted by Gasteiger charge is 2.39. The molecule has 2 aliphatic heterocycles. The van der Waals surface area contributed by atoms with Crippen LogP contribution in [-0.4, -0.2) is 59.4 Å². The van der Waals surface area contributed by atoms with Gasteiger partial charge in [-0.05, 0) is 74.9 Å². The maximum absolute atomic E-state index is 13.0. The minimum atomic E-state index is -0.604. The molecule has 3 aromatic rings. The van der Waals surface area contributed by atoms with Crippen LogP contribution in [0.25, 0.3) is 11.1 Å². The maximum atomic E-state index is 13.0. The van der Waals surface area contributed by atoms with Gasteiger partial charge in [0.1, 0.15) is 11.6 Å². The van der Waals surface area contributed by atoms with Crippen LogP contribution in [0.5, 0.6) is 0 Å². The van der Waals surface area contributed by atoms with Gasteiger partial charge in [-0.2, -0.15) is 0 Å². The molecule has 5 rings (SSSR count). The van der Waals surface area contributed by atoms with Gasteiger partial charge in [0.15, 0.2) is 6.29 Å². The van der Waals surface area contributed by atoms with Crippen molar-refractivity contribution < 1.29 is 28.9 Å². The summed E-state index contributed by atoms with van der Waals surface area (Å²) in [7, 11) is 0. The summed E-state index contributed by atoms with van der Waals surface area (Å²) in [6.45, 7) is 9.96. The molecule has 0 bridgehead atoms. The van der Waals surface area contributed by atoms with E-state index in [1.165, 1.54) is 0 Å². The Morgan fingerprint density at radius 3 is 2.37 bits per heavy atom. The maximum Gasteiger partial charge on any atom is 0.323 e. The number of urea groups is 1. The molecule has 0 saturated carbocycles. The molecule has 4 atom stereocenters. The standard InChI is InChI=1S/C37H47N3O6/c1-5-38-36(43)39-22-29-9-6-7-10-31(29)26-16-18-28(19-17-26)35-44-30(21-33(45-35)27-14-12-25(24-41)13-15-27)23-40-20-8-11-32(40)34(42)46-37(2,3)4/h6-7,9-10,12-19,30,32-33,35,41H,5,8,11,20-24H2,1-4H3,(H2,38,39,43)/t30-,32-,33+,35+/m0/s1. The van der Waals surface area contributed by atoms with E-state index in [1.54, 1.807) is 0 Å². The first-order chi connectivity index (χ1) is 22.1. The normalized spacial score (nSPS) is 21.9. The second-order valence-electron chi connectivity index (χ2n) is 13.0. The van der Waals surface area contributed by atoms with E-state index in [1.807, 2.05) is 82.3 Å². The smallest absolute Gasteiger partial charge is 0.323 e. The molecule has 3 aromatic carbocycles. The number of rotatable bonds is 10. The predicted octanol–water partition coefficient (Wildman–Crippen LogP) is 6.02. The lowest BCUT2D eigenvalue weighted by atomic mass is 9.97. The highest BCUT2D eigenvalue weighted by Crippen LogP contribution is 2.39. The second-order valence-corrected chi connectivity index (χ2v) is 13.0. The van der Waals surface area contributed by atoms with Crippen molar-refractivity contribution in [1.29, 1.82) is 0 Å². The molecule has 0 aromatic heterocycles. The zero-order valence-corrected chi connectivity index (χ0v) is 27.3. The third-order valence-corrected chi connectivity index (χ3v) is 8.38. The summed E-state index contributed by atoms with van der Waals surface area (Å²) in [5, 5.41) is 15.2. The van der Waals surface area contributed by atoms with Gasteiger partial charge >= 0.3 is 12.0 Å². The van der Waals surface area contributed by atoms with Crippen molar-refractivity contribution in [2.75, 3.05) is 19.6 Å².